The Bertz CT molecular complexity index is 518. The lowest BCUT2D eigenvalue weighted by atomic mass is 9.68. The summed E-state index contributed by atoms with van der Waals surface area (Å²) in [6.45, 7) is 24.3. The van der Waals surface area contributed by atoms with Gasteiger partial charge in [0, 0.05) is 24.2 Å². The van der Waals surface area contributed by atoms with Crippen molar-refractivity contribution in [2.24, 2.45) is 17.0 Å². The van der Waals surface area contributed by atoms with Crippen LogP contribution >= 0.6 is 0 Å². The van der Waals surface area contributed by atoms with Crippen LogP contribution in [0, 0.1) is 11.8 Å². The Morgan fingerprint density at radius 2 is 1.46 bits per heavy atom. The Morgan fingerprint density at radius 3 is 1.92 bits per heavy atom. The zero-order valence-electron chi connectivity index (χ0n) is 18.7. The standard InChI is InChI=1S/C19H41N3O2Si2/c1-18(2,3)25(7,8)23-12-11-16-15(13-17(16)21-22-20)14-24-26(9,10)19(4,5)6/h15-17H,11-14H2,1-10H3. The molecule has 0 saturated heterocycles. The molecule has 1 aliphatic rings. The minimum absolute atomic E-state index is 0.107. The molecule has 0 heterocycles. The van der Waals surface area contributed by atoms with E-state index in [0.717, 1.165) is 26.1 Å². The predicted octanol–water partition coefficient (Wildman–Crippen LogP) is 6.74. The van der Waals surface area contributed by atoms with Crippen LogP contribution in [-0.2, 0) is 8.85 Å². The third-order valence-corrected chi connectivity index (χ3v) is 16.1. The zero-order chi connectivity index (χ0) is 20.4. The summed E-state index contributed by atoms with van der Waals surface area (Å²) >= 11 is 0. The van der Waals surface area contributed by atoms with Gasteiger partial charge in [-0.05, 0) is 66.5 Å². The number of hydrogen-bond acceptors (Lipinski definition) is 3. The first-order valence-corrected chi connectivity index (χ1v) is 15.8. The van der Waals surface area contributed by atoms with Crippen molar-refractivity contribution in [3.05, 3.63) is 10.4 Å². The van der Waals surface area contributed by atoms with Crippen LogP contribution in [0.3, 0.4) is 0 Å². The van der Waals surface area contributed by atoms with E-state index in [0.29, 0.717) is 11.8 Å². The maximum atomic E-state index is 8.84. The molecule has 3 unspecified atom stereocenters. The Labute approximate surface area is 163 Å². The van der Waals surface area contributed by atoms with Gasteiger partial charge in [-0.1, -0.05) is 46.7 Å². The average molecular weight is 400 g/mol. The Balaban J connectivity index is 2.62. The number of rotatable bonds is 8. The van der Waals surface area contributed by atoms with E-state index in [1.807, 2.05) is 0 Å². The van der Waals surface area contributed by atoms with Crippen LogP contribution in [0.15, 0.2) is 5.11 Å². The SMILES string of the molecule is CC(C)(C)[Si](C)(C)OCCC1C(CO[Si](C)(C)C(C)(C)C)CC1N=[N+]=[N-]. The first-order valence-electron chi connectivity index (χ1n) is 9.94. The van der Waals surface area contributed by atoms with Crippen molar-refractivity contribution in [1.82, 2.24) is 0 Å². The normalized spacial score (nSPS) is 24.8. The minimum Gasteiger partial charge on any atom is -0.417 e. The number of azide groups is 1. The Morgan fingerprint density at radius 1 is 0.962 bits per heavy atom. The van der Waals surface area contributed by atoms with Crippen LogP contribution in [0.25, 0.3) is 10.4 Å². The summed E-state index contributed by atoms with van der Waals surface area (Å²) < 4.78 is 12.8. The third-order valence-electron chi connectivity index (χ3n) is 7.03. The third kappa shape index (κ3) is 5.83. The summed E-state index contributed by atoms with van der Waals surface area (Å²) in [6, 6.07) is 0.107. The molecular formula is C19H41N3O2Si2. The summed E-state index contributed by atoms with van der Waals surface area (Å²) in [5.74, 6) is 0.878. The highest BCUT2D eigenvalue weighted by Crippen LogP contribution is 2.43. The minimum atomic E-state index is -1.73. The molecule has 1 saturated carbocycles. The molecule has 26 heavy (non-hydrogen) atoms. The summed E-state index contributed by atoms with van der Waals surface area (Å²) in [5.41, 5.74) is 8.84. The highest BCUT2D eigenvalue weighted by atomic mass is 28.4. The second kappa shape index (κ2) is 8.35. The highest BCUT2D eigenvalue weighted by molar-refractivity contribution is 6.74. The molecule has 152 valence electrons. The van der Waals surface area contributed by atoms with Gasteiger partial charge in [-0.25, -0.2) is 0 Å². The second-order valence-electron chi connectivity index (χ2n) is 10.9. The summed E-state index contributed by atoms with van der Waals surface area (Å²) in [6.07, 6.45) is 1.91. The van der Waals surface area contributed by atoms with Crippen LogP contribution in [-0.4, -0.2) is 35.9 Å². The molecule has 0 spiro atoms. The molecule has 5 nitrogen and oxygen atoms in total. The molecule has 7 heteroatoms. The van der Waals surface area contributed by atoms with E-state index in [1.54, 1.807) is 0 Å². The maximum absolute atomic E-state index is 8.84. The second-order valence-corrected chi connectivity index (χ2v) is 20.5. The fraction of sp³-hybridized carbons (Fsp3) is 1.00. The van der Waals surface area contributed by atoms with E-state index in [2.05, 4.69) is 77.8 Å². The molecule has 1 rings (SSSR count). The molecule has 0 aliphatic heterocycles. The van der Waals surface area contributed by atoms with E-state index in [9.17, 15) is 0 Å². The molecule has 1 aliphatic carbocycles. The summed E-state index contributed by atoms with van der Waals surface area (Å²) in [5, 5.41) is 4.46. The van der Waals surface area contributed by atoms with Crippen molar-refractivity contribution >= 4 is 16.6 Å². The fourth-order valence-corrected chi connectivity index (χ4v) is 4.92. The van der Waals surface area contributed by atoms with Crippen LogP contribution in [0.1, 0.15) is 54.4 Å². The van der Waals surface area contributed by atoms with Gasteiger partial charge in [0.2, 0.25) is 0 Å². The molecule has 0 radical (unpaired) electrons. The van der Waals surface area contributed by atoms with Gasteiger partial charge in [0.05, 0.1) is 0 Å². The lowest BCUT2D eigenvalue weighted by Crippen LogP contribution is -2.48. The van der Waals surface area contributed by atoms with Gasteiger partial charge in [0.25, 0.3) is 0 Å². The molecule has 0 aromatic heterocycles. The summed E-state index contributed by atoms with van der Waals surface area (Å²) in [7, 11) is -3.46. The number of hydrogen-bond donors (Lipinski definition) is 0. The van der Waals surface area contributed by atoms with E-state index in [1.165, 1.54) is 0 Å². The molecule has 0 aromatic rings. The predicted molar refractivity (Wildman–Crippen MR) is 115 cm³/mol. The van der Waals surface area contributed by atoms with Crippen LogP contribution in [0.5, 0.6) is 0 Å². The van der Waals surface area contributed by atoms with Crippen molar-refractivity contribution in [2.45, 2.75) is 96.7 Å². The van der Waals surface area contributed by atoms with Gasteiger partial charge >= 0.3 is 0 Å². The monoisotopic (exact) mass is 399 g/mol. The number of nitrogens with zero attached hydrogens (tertiary/aromatic N) is 3. The fourth-order valence-electron chi connectivity index (χ4n) is 2.80. The van der Waals surface area contributed by atoms with E-state index in [-0.39, 0.29) is 16.1 Å². The van der Waals surface area contributed by atoms with Gasteiger partial charge < -0.3 is 8.85 Å². The average Bonchev–Trinajstić information content (AvgIpc) is 2.44. The lowest BCUT2D eigenvalue weighted by molar-refractivity contribution is 0.0541. The molecule has 0 N–H and O–H groups in total. The molecule has 0 amide bonds. The van der Waals surface area contributed by atoms with Gasteiger partial charge in [-0.15, -0.1) is 0 Å². The van der Waals surface area contributed by atoms with Gasteiger partial charge in [0.15, 0.2) is 16.6 Å². The topological polar surface area (TPSA) is 67.2 Å². The van der Waals surface area contributed by atoms with E-state index >= 15 is 0 Å². The van der Waals surface area contributed by atoms with Gasteiger partial charge in [-0.2, -0.15) is 0 Å². The first kappa shape index (κ1) is 23.7. The van der Waals surface area contributed by atoms with Crippen molar-refractivity contribution in [1.29, 1.82) is 0 Å². The smallest absolute Gasteiger partial charge is 0.191 e. The van der Waals surface area contributed by atoms with Crippen LogP contribution in [0.4, 0.5) is 0 Å². The molecule has 0 aromatic carbocycles. The molecule has 3 atom stereocenters. The van der Waals surface area contributed by atoms with Crippen LogP contribution in [0.2, 0.25) is 36.3 Å². The highest BCUT2D eigenvalue weighted by Gasteiger charge is 2.44. The maximum Gasteiger partial charge on any atom is 0.191 e. The zero-order valence-corrected chi connectivity index (χ0v) is 20.7. The van der Waals surface area contributed by atoms with Crippen LogP contribution < -0.4 is 0 Å². The van der Waals surface area contributed by atoms with Crippen molar-refractivity contribution in [3.8, 4) is 0 Å². The summed E-state index contributed by atoms with van der Waals surface area (Å²) in [4.78, 5) is 3.05. The van der Waals surface area contributed by atoms with E-state index in [4.69, 9.17) is 14.4 Å². The quantitative estimate of drug-likeness (QED) is 0.196. The largest absolute Gasteiger partial charge is 0.417 e. The first-order chi connectivity index (χ1) is 11.6. The van der Waals surface area contributed by atoms with Crippen molar-refractivity contribution in [2.75, 3.05) is 13.2 Å². The molecule has 1 fully saturated rings. The van der Waals surface area contributed by atoms with E-state index < -0.39 is 16.6 Å². The van der Waals surface area contributed by atoms with Crippen molar-refractivity contribution < 1.29 is 8.85 Å². The molecule has 0 bridgehead atoms. The molecular weight excluding hydrogens is 358 g/mol. The van der Waals surface area contributed by atoms with Gasteiger partial charge in [-0.3, -0.25) is 0 Å². The van der Waals surface area contributed by atoms with Crippen molar-refractivity contribution in [3.63, 3.8) is 0 Å². The van der Waals surface area contributed by atoms with Gasteiger partial charge in [0.1, 0.15) is 0 Å². The Kier molecular flexibility index (Phi) is 7.61. The lowest BCUT2D eigenvalue weighted by Gasteiger charge is -2.46. The Hall–Kier alpha value is -0.336.